The molecule has 1 rings (SSSR count). The third kappa shape index (κ3) is 6.23. The van der Waals surface area contributed by atoms with Crippen LogP contribution in [0.3, 0.4) is 0 Å². The lowest BCUT2D eigenvalue weighted by Gasteiger charge is -2.14. The van der Waals surface area contributed by atoms with Crippen LogP contribution in [-0.2, 0) is 10.0 Å². The minimum absolute atomic E-state index is 0. The van der Waals surface area contributed by atoms with E-state index in [4.69, 9.17) is 0 Å². The molecule has 0 aromatic heterocycles. The van der Waals surface area contributed by atoms with Crippen molar-refractivity contribution in [2.45, 2.75) is 31.7 Å². The topological polar surface area (TPSA) is 58.2 Å². The Balaban J connectivity index is 0.00000324. The number of hydrogen-bond donors (Lipinski definition) is 2. The summed E-state index contributed by atoms with van der Waals surface area (Å²) in [5, 5.41) is 3.16. The number of benzene rings is 1. The van der Waals surface area contributed by atoms with Crippen molar-refractivity contribution in [2.24, 2.45) is 0 Å². The van der Waals surface area contributed by atoms with E-state index in [2.05, 4.69) is 26.0 Å². The largest absolute Gasteiger partial charge is 0.313 e. The highest BCUT2D eigenvalue weighted by atomic mass is 79.9. The second-order valence-electron chi connectivity index (χ2n) is 4.27. The van der Waals surface area contributed by atoms with Crippen LogP contribution in [0.5, 0.6) is 0 Å². The van der Waals surface area contributed by atoms with Gasteiger partial charge in [-0.05, 0) is 44.2 Å². The van der Waals surface area contributed by atoms with Gasteiger partial charge in [0.15, 0.2) is 0 Å². The minimum atomic E-state index is -3.44. The van der Waals surface area contributed by atoms with Gasteiger partial charge in [-0.1, -0.05) is 22.9 Å². The van der Waals surface area contributed by atoms with Crippen molar-refractivity contribution < 1.29 is 8.42 Å². The zero-order valence-corrected chi connectivity index (χ0v) is 14.5. The van der Waals surface area contributed by atoms with Crippen LogP contribution in [0.15, 0.2) is 27.6 Å². The molecule has 0 aliphatic rings. The summed E-state index contributed by atoms with van der Waals surface area (Å²) in [6.07, 6.45) is 0. The Morgan fingerprint density at radius 1 is 1.32 bits per heavy atom. The van der Waals surface area contributed by atoms with Gasteiger partial charge in [0.25, 0.3) is 0 Å². The van der Waals surface area contributed by atoms with Gasteiger partial charge in [0, 0.05) is 17.1 Å². The van der Waals surface area contributed by atoms with Crippen molar-refractivity contribution in [2.75, 3.05) is 13.1 Å². The minimum Gasteiger partial charge on any atom is -0.313 e. The Bertz CT molecular complexity index is 488. The van der Waals surface area contributed by atoms with Crippen molar-refractivity contribution in [1.82, 2.24) is 10.0 Å². The average molecular weight is 372 g/mol. The highest BCUT2D eigenvalue weighted by Gasteiger charge is 2.15. The molecule has 4 nitrogen and oxygen atoms in total. The van der Waals surface area contributed by atoms with Crippen LogP contribution >= 0.6 is 28.3 Å². The lowest BCUT2D eigenvalue weighted by atomic mass is 10.2. The van der Waals surface area contributed by atoms with Crippen LogP contribution in [0.4, 0.5) is 0 Å². The molecule has 0 unspecified atom stereocenters. The first-order valence-electron chi connectivity index (χ1n) is 5.85. The van der Waals surface area contributed by atoms with Gasteiger partial charge in [-0.3, -0.25) is 0 Å². The second-order valence-corrected chi connectivity index (χ2v) is 6.96. The third-order valence-electron chi connectivity index (χ3n) is 2.46. The van der Waals surface area contributed by atoms with Gasteiger partial charge in [-0.2, -0.15) is 0 Å². The van der Waals surface area contributed by atoms with Crippen LogP contribution < -0.4 is 10.0 Å². The van der Waals surface area contributed by atoms with Crippen molar-refractivity contribution in [1.29, 1.82) is 0 Å². The number of hydrogen-bond acceptors (Lipinski definition) is 3. The number of likely N-dealkylation sites (N-methyl/N-ethyl adjacent to an activating group) is 1. The van der Waals surface area contributed by atoms with Crippen LogP contribution in [0.2, 0.25) is 0 Å². The molecule has 0 spiro atoms. The Labute approximate surface area is 130 Å². The van der Waals surface area contributed by atoms with E-state index in [-0.39, 0.29) is 23.3 Å². The van der Waals surface area contributed by atoms with Crippen molar-refractivity contribution in [3.8, 4) is 0 Å². The summed E-state index contributed by atoms with van der Waals surface area (Å²) in [6.45, 7) is 6.99. The summed E-state index contributed by atoms with van der Waals surface area (Å²) < 4.78 is 27.5. The summed E-state index contributed by atoms with van der Waals surface area (Å²) in [5.41, 5.74) is 0.907. The van der Waals surface area contributed by atoms with Crippen molar-refractivity contribution in [3.63, 3.8) is 0 Å². The molecule has 2 N–H and O–H groups in total. The monoisotopic (exact) mass is 370 g/mol. The maximum Gasteiger partial charge on any atom is 0.240 e. The Morgan fingerprint density at radius 3 is 2.47 bits per heavy atom. The normalized spacial score (nSPS) is 12.8. The summed E-state index contributed by atoms with van der Waals surface area (Å²) in [4.78, 5) is 0.290. The molecule has 1 aromatic rings. The molecule has 0 aliphatic carbocycles. The SMILES string of the molecule is CCN[C@H](C)CNS(=O)(=O)c1cc(C)cc(Br)c1.Cl. The van der Waals surface area contributed by atoms with Crippen LogP contribution in [0.25, 0.3) is 0 Å². The number of sulfonamides is 1. The zero-order valence-electron chi connectivity index (χ0n) is 11.2. The van der Waals surface area contributed by atoms with Crippen LogP contribution in [-0.4, -0.2) is 27.5 Å². The molecule has 110 valence electrons. The van der Waals surface area contributed by atoms with Gasteiger partial charge >= 0.3 is 0 Å². The molecule has 1 atom stereocenters. The zero-order chi connectivity index (χ0) is 13.8. The first-order valence-corrected chi connectivity index (χ1v) is 8.13. The van der Waals surface area contributed by atoms with Gasteiger partial charge < -0.3 is 5.32 Å². The average Bonchev–Trinajstić information content (AvgIpc) is 2.26. The molecule has 1 aromatic carbocycles. The molecule has 0 bridgehead atoms. The number of halogens is 2. The Kier molecular flexibility index (Phi) is 8.15. The molecule has 0 aliphatic heterocycles. The van der Waals surface area contributed by atoms with E-state index in [1.54, 1.807) is 12.1 Å². The van der Waals surface area contributed by atoms with E-state index >= 15 is 0 Å². The van der Waals surface area contributed by atoms with E-state index < -0.39 is 10.0 Å². The van der Waals surface area contributed by atoms with Gasteiger partial charge in [0.05, 0.1) is 4.90 Å². The summed E-state index contributed by atoms with van der Waals surface area (Å²) in [6, 6.07) is 5.25. The van der Waals surface area contributed by atoms with Crippen molar-refractivity contribution in [3.05, 3.63) is 28.2 Å². The van der Waals surface area contributed by atoms with E-state index in [1.165, 1.54) is 0 Å². The smallest absolute Gasteiger partial charge is 0.240 e. The highest BCUT2D eigenvalue weighted by molar-refractivity contribution is 9.10. The molecule has 0 saturated carbocycles. The molecular weight excluding hydrogens is 352 g/mol. The predicted molar refractivity (Wildman–Crippen MR) is 84.5 cm³/mol. The van der Waals surface area contributed by atoms with Gasteiger partial charge in [-0.25, -0.2) is 13.1 Å². The lowest BCUT2D eigenvalue weighted by molar-refractivity contribution is 0.536. The summed E-state index contributed by atoms with van der Waals surface area (Å²) >= 11 is 3.31. The first kappa shape index (κ1) is 18.9. The Morgan fingerprint density at radius 2 is 1.95 bits per heavy atom. The van der Waals surface area contributed by atoms with E-state index in [0.717, 1.165) is 16.6 Å². The molecule has 0 amide bonds. The molecule has 0 saturated heterocycles. The lowest BCUT2D eigenvalue weighted by Crippen LogP contribution is -2.38. The van der Waals surface area contributed by atoms with Gasteiger partial charge in [0.1, 0.15) is 0 Å². The van der Waals surface area contributed by atoms with Crippen LogP contribution in [0.1, 0.15) is 19.4 Å². The molecule has 0 fully saturated rings. The fraction of sp³-hybridized carbons (Fsp3) is 0.500. The molecule has 0 heterocycles. The summed E-state index contributed by atoms with van der Waals surface area (Å²) in [5.74, 6) is 0. The number of aryl methyl sites for hydroxylation is 1. The highest BCUT2D eigenvalue weighted by Crippen LogP contribution is 2.18. The number of rotatable bonds is 6. The molecule has 19 heavy (non-hydrogen) atoms. The van der Waals surface area contributed by atoms with E-state index in [0.29, 0.717) is 6.54 Å². The maximum atomic E-state index is 12.1. The van der Waals surface area contributed by atoms with E-state index in [9.17, 15) is 8.42 Å². The Hall–Kier alpha value is -0.140. The van der Waals surface area contributed by atoms with Crippen LogP contribution in [0, 0.1) is 6.92 Å². The summed E-state index contributed by atoms with van der Waals surface area (Å²) in [7, 11) is -3.44. The quantitative estimate of drug-likeness (QED) is 0.807. The van der Waals surface area contributed by atoms with Crippen molar-refractivity contribution >= 4 is 38.4 Å². The number of nitrogens with one attached hydrogen (secondary N) is 2. The first-order chi connectivity index (χ1) is 8.35. The molecular formula is C12H20BrClN2O2S. The maximum absolute atomic E-state index is 12.1. The fourth-order valence-corrected chi connectivity index (χ4v) is 3.62. The van der Waals surface area contributed by atoms with Gasteiger partial charge in [0.2, 0.25) is 10.0 Å². The molecule has 0 radical (unpaired) electrons. The van der Waals surface area contributed by atoms with E-state index in [1.807, 2.05) is 26.8 Å². The van der Waals surface area contributed by atoms with Gasteiger partial charge in [-0.15, -0.1) is 12.4 Å². The fourth-order valence-electron chi connectivity index (χ4n) is 1.60. The second kappa shape index (κ2) is 8.21. The molecule has 7 heteroatoms. The standard InChI is InChI=1S/C12H19BrN2O2S.ClH/c1-4-14-10(3)8-15-18(16,17)12-6-9(2)5-11(13)7-12;/h5-7,10,14-15H,4,8H2,1-3H3;1H/t10-;/m1./s1. The third-order valence-corrected chi connectivity index (χ3v) is 4.32. The predicted octanol–water partition coefficient (Wildman–Crippen LogP) is 2.46.